The van der Waals surface area contributed by atoms with E-state index in [1.165, 1.54) is 36.0 Å². The number of rotatable bonds is 7. The smallest absolute Gasteiger partial charge is 0.320 e. The van der Waals surface area contributed by atoms with Crippen LogP contribution in [0.25, 0.3) is 0 Å². The summed E-state index contributed by atoms with van der Waals surface area (Å²) in [6, 6.07) is 6.01. The van der Waals surface area contributed by atoms with E-state index in [1.54, 1.807) is 0 Å². The Kier molecular flexibility index (Phi) is 4.93. The molecule has 0 spiro atoms. The van der Waals surface area contributed by atoms with E-state index in [9.17, 15) is 4.79 Å². The number of aliphatic carboxylic acids is 1. The average molecular weight is 262 g/mol. The summed E-state index contributed by atoms with van der Waals surface area (Å²) >= 11 is 0. The van der Waals surface area contributed by atoms with E-state index < -0.39 is 12.0 Å². The molecule has 0 amide bonds. The van der Waals surface area contributed by atoms with Gasteiger partial charge in [0.25, 0.3) is 0 Å². The first kappa shape index (κ1) is 14.0. The minimum Gasteiger partial charge on any atom is -0.480 e. The van der Waals surface area contributed by atoms with Crippen LogP contribution in [0.4, 0.5) is 0 Å². The lowest BCUT2D eigenvalue weighted by Crippen LogP contribution is -2.34. The van der Waals surface area contributed by atoms with Gasteiger partial charge in [0, 0.05) is 0 Å². The SMILES string of the molecule is NC(CCNCCc1ccc2c(c1)CCC2)C(=O)O. The summed E-state index contributed by atoms with van der Waals surface area (Å²) in [7, 11) is 0. The van der Waals surface area contributed by atoms with E-state index in [1.807, 2.05) is 0 Å². The largest absolute Gasteiger partial charge is 0.480 e. The van der Waals surface area contributed by atoms with Crippen molar-refractivity contribution in [2.75, 3.05) is 13.1 Å². The summed E-state index contributed by atoms with van der Waals surface area (Å²) < 4.78 is 0. The highest BCUT2D eigenvalue weighted by Gasteiger charge is 2.11. The Hall–Kier alpha value is -1.39. The fourth-order valence-electron chi connectivity index (χ4n) is 2.52. The Bertz CT molecular complexity index is 446. The molecule has 0 fully saturated rings. The van der Waals surface area contributed by atoms with Crippen molar-refractivity contribution in [3.05, 3.63) is 34.9 Å². The summed E-state index contributed by atoms with van der Waals surface area (Å²) in [4.78, 5) is 10.5. The summed E-state index contributed by atoms with van der Waals surface area (Å²) in [6.45, 7) is 1.52. The number of carbonyl (C=O) groups is 1. The molecule has 0 saturated heterocycles. The summed E-state index contributed by atoms with van der Waals surface area (Å²) in [5, 5.41) is 11.9. The molecule has 4 N–H and O–H groups in total. The molecule has 0 bridgehead atoms. The minimum absolute atomic E-state index is 0.472. The van der Waals surface area contributed by atoms with Crippen molar-refractivity contribution in [3.8, 4) is 0 Å². The zero-order valence-electron chi connectivity index (χ0n) is 11.2. The molecule has 0 aromatic heterocycles. The van der Waals surface area contributed by atoms with Crippen molar-refractivity contribution < 1.29 is 9.90 Å². The van der Waals surface area contributed by atoms with Gasteiger partial charge in [0.15, 0.2) is 0 Å². The van der Waals surface area contributed by atoms with Gasteiger partial charge in [-0.25, -0.2) is 0 Å². The van der Waals surface area contributed by atoms with Crippen LogP contribution < -0.4 is 11.1 Å². The number of hydrogen-bond donors (Lipinski definition) is 3. The van der Waals surface area contributed by atoms with Crippen LogP contribution >= 0.6 is 0 Å². The third kappa shape index (κ3) is 4.04. The first-order valence-electron chi connectivity index (χ1n) is 6.96. The van der Waals surface area contributed by atoms with Gasteiger partial charge < -0.3 is 16.2 Å². The number of carboxylic acids is 1. The lowest BCUT2D eigenvalue weighted by atomic mass is 10.0. The van der Waals surface area contributed by atoms with E-state index in [0.717, 1.165) is 13.0 Å². The summed E-state index contributed by atoms with van der Waals surface area (Å²) in [6.07, 6.45) is 5.17. The zero-order valence-corrected chi connectivity index (χ0v) is 11.2. The molecule has 4 heteroatoms. The standard InChI is InChI=1S/C15H22N2O2/c16-14(15(18)19)7-9-17-8-6-11-4-5-12-2-1-3-13(12)10-11/h4-5,10,14,17H,1-3,6-9,16H2,(H,18,19). The molecule has 1 aliphatic rings. The highest BCUT2D eigenvalue weighted by atomic mass is 16.4. The van der Waals surface area contributed by atoms with Gasteiger partial charge in [-0.3, -0.25) is 4.79 Å². The highest BCUT2D eigenvalue weighted by molar-refractivity contribution is 5.72. The van der Waals surface area contributed by atoms with Gasteiger partial charge in [0.05, 0.1) is 0 Å². The number of benzene rings is 1. The predicted molar refractivity (Wildman–Crippen MR) is 75.3 cm³/mol. The van der Waals surface area contributed by atoms with Crippen LogP contribution in [-0.4, -0.2) is 30.2 Å². The van der Waals surface area contributed by atoms with Crippen molar-refractivity contribution in [2.45, 2.75) is 38.1 Å². The van der Waals surface area contributed by atoms with Crippen molar-refractivity contribution in [1.29, 1.82) is 0 Å². The second-order valence-electron chi connectivity index (χ2n) is 5.19. The maximum atomic E-state index is 10.5. The van der Waals surface area contributed by atoms with E-state index in [4.69, 9.17) is 10.8 Å². The number of nitrogens with one attached hydrogen (secondary N) is 1. The van der Waals surface area contributed by atoms with Crippen LogP contribution in [0.1, 0.15) is 29.5 Å². The van der Waals surface area contributed by atoms with Crippen LogP contribution in [0.5, 0.6) is 0 Å². The molecule has 19 heavy (non-hydrogen) atoms. The maximum absolute atomic E-state index is 10.5. The Labute approximate surface area is 114 Å². The lowest BCUT2D eigenvalue weighted by molar-refractivity contribution is -0.138. The molecular formula is C15H22N2O2. The van der Waals surface area contributed by atoms with Crippen molar-refractivity contribution in [2.24, 2.45) is 5.73 Å². The first-order chi connectivity index (χ1) is 9.16. The van der Waals surface area contributed by atoms with E-state index in [-0.39, 0.29) is 0 Å². The third-order valence-electron chi connectivity index (χ3n) is 3.70. The van der Waals surface area contributed by atoms with Crippen LogP contribution in [0.2, 0.25) is 0 Å². The Morgan fingerprint density at radius 2 is 2.11 bits per heavy atom. The van der Waals surface area contributed by atoms with Gasteiger partial charge in [0.2, 0.25) is 0 Å². The van der Waals surface area contributed by atoms with E-state index in [2.05, 4.69) is 23.5 Å². The van der Waals surface area contributed by atoms with Crippen molar-refractivity contribution in [1.82, 2.24) is 5.32 Å². The quantitative estimate of drug-likeness (QED) is 0.643. The van der Waals surface area contributed by atoms with Gasteiger partial charge >= 0.3 is 5.97 Å². The van der Waals surface area contributed by atoms with Gasteiger partial charge in [-0.1, -0.05) is 18.2 Å². The molecule has 1 aromatic carbocycles. The number of aryl methyl sites for hydroxylation is 2. The zero-order chi connectivity index (χ0) is 13.7. The molecule has 0 aliphatic heterocycles. The van der Waals surface area contributed by atoms with Crippen molar-refractivity contribution >= 4 is 5.97 Å². The fourth-order valence-corrected chi connectivity index (χ4v) is 2.52. The molecule has 1 aliphatic carbocycles. The Morgan fingerprint density at radius 1 is 1.32 bits per heavy atom. The topological polar surface area (TPSA) is 75.3 Å². The molecule has 2 rings (SSSR count). The molecule has 0 saturated carbocycles. The van der Waals surface area contributed by atoms with Crippen LogP contribution in [0.3, 0.4) is 0 Å². The van der Waals surface area contributed by atoms with Gasteiger partial charge in [0.1, 0.15) is 6.04 Å². The number of nitrogens with two attached hydrogens (primary N) is 1. The molecule has 0 heterocycles. The van der Waals surface area contributed by atoms with E-state index >= 15 is 0 Å². The molecular weight excluding hydrogens is 240 g/mol. The minimum atomic E-state index is -0.930. The van der Waals surface area contributed by atoms with Gasteiger partial charge in [-0.2, -0.15) is 0 Å². The number of hydrogen-bond acceptors (Lipinski definition) is 3. The molecule has 4 nitrogen and oxygen atoms in total. The number of carboxylic acid groups (broad SMARTS) is 1. The predicted octanol–water partition coefficient (Wildman–Crippen LogP) is 1.11. The molecule has 104 valence electrons. The van der Waals surface area contributed by atoms with E-state index in [0.29, 0.717) is 13.0 Å². The maximum Gasteiger partial charge on any atom is 0.320 e. The average Bonchev–Trinajstić information content (AvgIpc) is 2.85. The fraction of sp³-hybridized carbons (Fsp3) is 0.533. The normalized spacial score (nSPS) is 15.2. The highest BCUT2D eigenvalue weighted by Crippen LogP contribution is 2.22. The second kappa shape index (κ2) is 6.68. The Morgan fingerprint density at radius 3 is 2.89 bits per heavy atom. The molecule has 0 radical (unpaired) electrons. The number of fused-ring (bicyclic) bond motifs is 1. The first-order valence-corrected chi connectivity index (χ1v) is 6.96. The second-order valence-corrected chi connectivity index (χ2v) is 5.19. The third-order valence-corrected chi connectivity index (χ3v) is 3.70. The molecule has 1 unspecified atom stereocenters. The molecule has 1 aromatic rings. The van der Waals surface area contributed by atoms with Gasteiger partial charge in [-0.15, -0.1) is 0 Å². The van der Waals surface area contributed by atoms with Crippen LogP contribution in [0, 0.1) is 0 Å². The lowest BCUT2D eigenvalue weighted by Gasteiger charge is -2.08. The monoisotopic (exact) mass is 262 g/mol. The molecule has 1 atom stereocenters. The Balaban J connectivity index is 1.67. The van der Waals surface area contributed by atoms with Crippen LogP contribution in [-0.2, 0) is 24.1 Å². The summed E-state index contributed by atoms with van der Waals surface area (Å²) in [5.41, 5.74) is 9.80. The van der Waals surface area contributed by atoms with Crippen LogP contribution in [0.15, 0.2) is 18.2 Å². The summed E-state index contributed by atoms with van der Waals surface area (Å²) in [5.74, 6) is -0.930. The van der Waals surface area contributed by atoms with Gasteiger partial charge in [-0.05, 0) is 61.9 Å². The van der Waals surface area contributed by atoms with Crippen molar-refractivity contribution in [3.63, 3.8) is 0 Å².